The Balaban J connectivity index is 2.04. The zero-order chi connectivity index (χ0) is 12.3. The minimum absolute atomic E-state index is 0.385. The van der Waals surface area contributed by atoms with Crippen LogP contribution in [0.2, 0.25) is 0 Å². The van der Waals surface area contributed by atoms with E-state index in [0.29, 0.717) is 11.5 Å². The summed E-state index contributed by atoms with van der Waals surface area (Å²) in [7, 11) is 0. The van der Waals surface area contributed by atoms with Crippen molar-refractivity contribution in [3.05, 3.63) is 35.4 Å². The number of hydrogen-bond acceptors (Lipinski definition) is 2. The zero-order valence-corrected chi connectivity index (χ0v) is 10.2. The number of carbonyl (C=O) groups is 1. The van der Waals surface area contributed by atoms with Gasteiger partial charge in [0.2, 0.25) is 0 Å². The Morgan fingerprint density at radius 2 is 2.12 bits per heavy atom. The van der Waals surface area contributed by atoms with Gasteiger partial charge in [0.25, 0.3) is 0 Å². The third-order valence-electron chi connectivity index (χ3n) is 3.43. The molecule has 1 unspecified atom stereocenters. The summed E-state index contributed by atoms with van der Waals surface area (Å²) in [6.07, 6.45) is 2.59. The molecule has 1 N–H and O–H groups in total. The summed E-state index contributed by atoms with van der Waals surface area (Å²) in [6.45, 7) is 5.56. The monoisotopic (exact) mass is 233 g/mol. The molecule has 3 nitrogen and oxygen atoms in total. The maximum absolute atomic E-state index is 10.9. The number of carboxylic acid groups (broad SMARTS) is 1. The number of nitrogens with zero attached hydrogens (tertiary/aromatic N) is 1. The van der Waals surface area contributed by atoms with Gasteiger partial charge in [-0.05, 0) is 49.5 Å². The molecule has 0 bridgehead atoms. The van der Waals surface area contributed by atoms with Crippen molar-refractivity contribution < 1.29 is 9.90 Å². The summed E-state index contributed by atoms with van der Waals surface area (Å²) in [6, 6.07) is 7.30. The van der Waals surface area contributed by atoms with Crippen LogP contribution in [0.15, 0.2) is 24.3 Å². The smallest absolute Gasteiger partial charge is 0.335 e. The summed E-state index contributed by atoms with van der Waals surface area (Å²) in [5, 5.41) is 8.96. The Hall–Kier alpha value is -1.35. The first-order valence-electron chi connectivity index (χ1n) is 6.22. The van der Waals surface area contributed by atoms with Crippen molar-refractivity contribution in [2.24, 2.45) is 0 Å². The van der Waals surface area contributed by atoms with Gasteiger partial charge < -0.3 is 10.0 Å². The molecule has 17 heavy (non-hydrogen) atoms. The van der Waals surface area contributed by atoms with E-state index in [-0.39, 0.29) is 0 Å². The average Bonchev–Trinajstić information content (AvgIpc) is 2.82. The highest BCUT2D eigenvalue weighted by Crippen LogP contribution is 2.20. The van der Waals surface area contributed by atoms with Gasteiger partial charge in [-0.2, -0.15) is 0 Å². The molecular formula is C14H19NO2. The average molecular weight is 233 g/mol. The molecule has 3 heteroatoms. The minimum Gasteiger partial charge on any atom is -0.478 e. The topological polar surface area (TPSA) is 40.5 Å². The van der Waals surface area contributed by atoms with Gasteiger partial charge in [0.15, 0.2) is 0 Å². The van der Waals surface area contributed by atoms with Crippen LogP contribution in [0.1, 0.15) is 41.6 Å². The molecule has 0 aliphatic carbocycles. The Morgan fingerprint density at radius 1 is 1.41 bits per heavy atom. The van der Waals surface area contributed by atoms with Crippen molar-refractivity contribution in [2.45, 2.75) is 25.7 Å². The fourth-order valence-electron chi connectivity index (χ4n) is 2.44. The van der Waals surface area contributed by atoms with Crippen molar-refractivity contribution in [1.82, 2.24) is 4.90 Å². The second-order valence-corrected chi connectivity index (χ2v) is 4.84. The van der Waals surface area contributed by atoms with E-state index >= 15 is 0 Å². The molecule has 0 radical (unpaired) electrons. The van der Waals surface area contributed by atoms with E-state index in [1.54, 1.807) is 12.1 Å². The van der Waals surface area contributed by atoms with Gasteiger partial charge in [-0.3, -0.25) is 0 Å². The number of carboxylic acids is 1. The number of aromatic carboxylic acids is 1. The molecule has 1 aliphatic rings. The van der Waals surface area contributed by atoms with Crippen LogP contribution < -0.4 is 0 Å². The molecule has 92 valence electrons. The van der Waals surface area contributed by atoms with Gasteiger partial charge in [0, 0.05) is 6.54 Å². The zero-order valence-electron chi connectivity index (χ0n) is 10.2. The molecule has 1 fully saturated rings. The van der Waals surface area contributed by atoms with Gasteiger partial charge >= 0.3 is 5.97 Å². The highest BCUT2D eigenvalue weighted by Gasteiger charge is 2.16. The molecule has 1 aliphatic heterocycles. The van der Waals surface area contributed by atoms with Crippen LogP contribution in [0, 0.1) is 0 Å². The van der Waals surface area contributed by atoms with Crippen molar-refractivity contribution in [1.29, 1.82) is 0 Å². The highest BCUT2D eigenvalue weighted by molar-refractivity contribution is 5.87. The van der Waals surface area contributed by atoms with Crippen LogP contribution in [-0.4, -0.2) is 35.6 Å². The largest absolute Gasteiger partial charge is 0.478 e. The van der Waals surface area contributed by atoms with E-state index in [1.165, 1.54) is 25.9 Å². The molecule has 1 atom stereocenters. The summed E-state index contributed by atoms with van der Waals surface area (Å²) in [5.74, 6) is -0.451. The fourth-order valence-corrected chi connectivity index (χ4v) is 2.44. The van der Waals surface area contributed by atoms with E-state index in [1.807, 2.05) is 12.1 Å². The number of hydrogen-bond donors (Lipinski definition) is 1. The summed E-state index contributed by atoms with van der Waals surface area (Å²) < 4.78 is 0. The van der Waals surface area contributed by atoms with Gasteiger partial charge in [-0.15, -0.1) is 0 Å². The van der Waals surface area contributed by atoms with E-state index in [9.17, 15) is 4.79 Å². The summed E-state index contributed by atoms with van der Waals surface area (Å²) >= 11 is 0. The lowest BCUT2D eigenvalue weighted by Crippen LogP contribution is -2.24. The molecule has 1 saturated heterocycles. The Labute approximate surface area is 102 Å². The maximum Gasteiger partial charge on any atom is 0.335 e. The van der Waals surface area contributed by atoms with Crippen LogP contribution in [0.4, 0.5) is 0 Å². The number of benzene rings is 1. The van der Waals surface area contributed by atoms with Crippen LogP contribution in [0.3, 0.4) is 0 Å². The van der Waals surface area contributed by atoms with Crippen LogP contribution >= 0.6 is 0 Å². The SMILES string of the molecule is CC(CN1CCCC1)c1cccc(C(=O)O)c1. The minimum atomic E-state index is -0.847. The normalized spacial score (nSPS) is 18.2. The Kier molecular flexibility index (Phi) is 3.79. The van der Waals surface area contributed by atoms with Gasteiger partial charge in [-0.1, -0.05) is 19.1 Å². The Morgan fingerprint density at radius 3 is 2.76 bits per heavy atom. The van der Waals surface area contributed by atoms with Gasteiger partial charge in [0.1, 0.15) is 0 Å². The second kappa shape index (κ2) is 5.32. The van der Waals surface area contributed by atoms with Gasteiger partial charge in [-0.25, -0.2) is 4.79 Å². The lowest BCUT2D eigenvalue weighted by atomic mass is 9.98. The summed E-state index contributed by atoms with van der Waals surface area (Å²) in [4.78, 5) is 13.4. The fraction of sp³-hybridized carbons (Fsp3) is 0.500. The lowest BCUT2D eigenvalue weighted by Gasteiger charge is -2.20. The first-order chi connectivity index (χ1) is 8.16. The predicted molar refractivity (Wildman–Crippen MR) is 67.5 cm³/mol. The van der Waals surface area contributed by atoms with E-state index in [4.69, 9.17) is 5.11 Å². The summed E-state index contributed by atoms with van der Waals surface area (Å²) in [5.41, 5.74) is 1.51. The molecule has 0 amide bonds. The van der Waals surface area contributed by atoms with Crippen molar-refractivity contribution in [2.75, 3.05) is 19.6 Å². The molecular weight excluding hydrogens is 214 g/mol. The van der Waals surface area contributed by atoms with E-state index in [2.05, 4.69) is 11.8 Å². The quantitative estimate of drug-likeness (QED) is 0.869. The second-order valence-electron chi connectivity index (χ2n) is 4.84. The standard InChI is InChI=1S/C14H19NO2/c1-11(10-15-7-2-3-8-15)12-5-4-6-13(9-12)14(16)17/h4-6,9,11H,2-3,7-8,10H2,1H3,(H,16,17). The van der Waals surface area contributed by atoms with E-state index in [0.717, 1.165) is 12.1 Å². The van der Waals surface area contributed by atoms with Crippen LogP contribution in [-0.2, 0) is 0 Å². The van der Waals surface area contributed by atoms with E-state index < -0.39 is 5.97 Å². The third-order valence-corrected chi connectivity index (χ3v) is 3.43. The van der Waals surface area contributed by atoms with Crippen molar-refractivity contribution in [3.8, 4) is 0 Å². The molecule has 0 aromatic heterocycles. The van der Waals surface area contributed by atoms with Crippen molar-refractivity contribution >= 4 is 5.97 Å². The molecule has 1 aromatic rings. The molecule has 1 aromatic carbocycles. The highest BCUT2D eigenvalue weighted by atomic mass is 16.4. The molecule has 1 heterocycles. The van der Waals surface area contributed by atoms with Crippen LogP contribution in [0.25, 0.3) is 0 Å². The first-order valence-corrected chi connectivity index (χ1v) is 6.22. The lowest BCUT2D eigenvalue weighted by molar-refractivity contribution is 0.0696. The van der Waals surface area contributed by atoms with Crippen LogP contribution in [0.5, 0.6) is 0 Å². The number of rotatable bonds is 4. The van der Waals surface area contributed by atoms with Crippen molar-refractivity contribution in [3.63, 3.8) is 0 Å². The first kappa shape index (κ1) is 12.1. The predicted octanol–water partition coefficient (Wildman–Crippen LogP) is 2.58. The maximum atomic E-state index is 10.9. The molecule has 2 rings (SSSR count). The van der Waals surface area contributed by atoms with Gasteiger partial charge in [0.05, 0.1) is 5.56 Å². The molecule has 0 spiro atoms. The Bertz CT molecular complexity index is 397. The third kappa shape index (κ3) is 3.07. The molecule has 0 saturated carbocycles. The number of likely N-dealkylation sites (tertiary alicyclic amines) is 1.